The summed E-state index contributed by atoms with van der Waals surface area (Å²) in [6.07, 6.45) is 2.52. The fourth-order valence-electron chi connectivity index (χ4n) is 0.947. The molecule has 0 radical (unpaired) electrons. The highest BCUT2D eigenvalue weighted by atomic mass is 15.3. The summed E-state index contributed by atoms with van der Waals surface area (Å²) in [4.78, 5) is 2.14. The highest BCUT2D eigenvalue weighted by molar-refractivity contribution is 5.73. The average Bonchev–Trinajstić information content (AvgIpc) is 1.98. The Morgan fingerprint density at radius 3 is 2.44 bits per heavy atom. The van der Waals surface area contributed by atoms with Crippen molar-refractivity contribution in [1.29, 1.82) is 0 Å². The number of nitrogens with zero attached hydrogens (tertiary/aromatic N) is 2. The third-order valence-corrected chi connectivity index (χ3v) is 1.96. The van der Waals surface area contributed by atoms with Crippen LogP contribution >= 0.6 is 0 Å². The molecule has 1 atom stereocenters. The van der Waals surface area contributed by atoms with E-state index in [1.165, 1.54) is 0 Å². The Labute approximate surface area is 56.1 Å². The first-order valence-electron chi connectivity index (χ1n) is 3.11. The van der Waals surface area contributed by atoms with Crippen LogP contribution in [0.5, 0.6) is 0 Å². The highest BCUT2D eigenvalue weighted by Crippen LogP contribution is 2.08. The summed E-state index contributed by atoms with van der Waals surface area (Å²) in [6.45, 7) is 6.01. The van der Waals surface area contributed by atoms with Crippen LogP contribution in [0.15, 0.2) is 12.3 Å². The number of rotatable bonds is 0. The van der Waals surface area contributed by atoms with Crippen LogP contribution in [0, 0.1) is 0 Å². The molecule has 0 aromatic carbocycles. The average molecular weight is 125 g/mol. The highest BCUT2D eigenvalue weighted by Gasteiger charge is 2.24. The fourth-order valence-corrected chi connectivity index (χ4v) is 0.947. The molecule has 2 heteroatoms. The van der Waals surface area contributed by atoms with Crippen LogP contribution in [0.3, 0.4) is 0 Å². The zero-order valence-electron chi connectivity index (χ0n) is 6.26. The van der Waals surface area contributed by atoms with Crippen molar-refractivity contribution < 1.29 is 4.58 Å². The van der Waals surface area contributed by atoms with Gasteiger partial charge >= 0.3 is 0 Å². The largest absolute Gasteiger partial charge is 0.313 e. The van der Waals surface area contributed by atoms with Gasteiger partial charge in [0.25, 0.3) is 0 Å². The van der Waals surface area contributed by atoms with Gasteiger partial charge in [0.05, 0.1) is 5.70 Å². The van der Waals surface area contributed by atoms with Crippen molar-refractivity contribution in [2.75, 3.05) is 14.1 Å². The van der Waals surface area contributed by atoms with Crippen molar-refractivity contribution in [2.24, 2.45) is 0 Å². The standard InChI is InChI=1S/C7H13N2/c1-6-5-8(3)7(2)9(6)4/h5,7H,1H2,2-4H3/q+1. The molecule has 0 saturated heterocycles. The van der Waals surface area contributed by atoms with Gasteiger partial charge in [-0.25, -0.2) is 4.58 Å². The Morgan fingerprint density at radius 2 is 2.33 bits per heavy atom. The molecule has 1 aliphatic rings. The Morgan fingerprint density at radius 1 is 1.78 bits per heavy atom. The molecule has 1 heterocycles. The van der Waals surface area contributed by atoms with Gasteiger partial charge < -0.3 is 4.90 Å². The van der Waals surface area contributed by atoms with Crippen LogP contribution in [0.4, 0.5) is 0 Å². The van der Waals surface area contributed by atoms with Crippen molar-refractivity contribution in [2.45, 2.75) is 13.1 Å². The fraction of sp³-hybridized carbons (Fsp3) is 0.571. The smallest absolute Gasteiger partial charge is 0.225 e. The van der Waals surface area contributed by atoms with Crippen molar-refractivity contribution in [1.82, 2.24) is 4.90 Å². The van der Waals surface area contributed by atoms with Gasteiger partial charge in [-0.1, -0.05) is 6.58 Å². The Hall–Kier alpha value is -0.790. The SMILES string of the molecule is C=C1C=[N+](C)C(C)N1C. The van der Waals surface area contributed by atoms with Gasteiger partial charge in [-0.15, -0.1) is 0 Å². The van der Waals surface area contributed by atoms with E-state index < -0.39 is 0 Å². The topological polar surface area (TPSA) is 6.25 Å². The predicted octanol–water partition coefficient (Wildman–Crippen LogP) is 0.505. The van der Waals surface area contributed by atoms with E-state index in [0.29, 0.717) is 6.17 Å². The molecule has 50 valence electrons. The Kier molecular flexibility index (Phi) is 1.31. The van der Waals surface area contributed by atoms with Crippen LogP contribution in [0.25, 0.3) is 0 Å². The molecule has 2 nitrogen and oxygen atoms in total. The molecule has 0 aromatic rings. The maximum absolute atomic E-state index is 3.86. The molecule has 0 saturated carbocycles. The van der Waals surface area contributed by atoms with Gasteiger partial charge in [0.15, 0.2) is 6.21 Å². The third-order valence-electron chi connectivity index (χ3n) is 1.96. The van der Waals surface area contributed by atoms with Crippen molar-refractivity contribution in [3.63, 3.8) is 0 Å². The van der Waals surface area contributed by atoms with Crippen LogP contribution in [-0.2, 0) is 0 Å². The second-order valence-electron chi connectivity index (χ2n) is 2.53. The second kappa shape index (κ2) is 1.87. The van der Waals surface area contributed by atoms with Gasteiger partial charge in [-0.05, 0) is 0 Å². The molecular weight excluding hydrogens is 112 g/mol. The third kappa shape index (κ3) is 0.846. The van der Waals surface area contributed by atoms with E-state index in [2.05, 4.69) is 30.0 Å². The van der Waals surface area contributed by atoms with Gasteiger partial charge in [-0.2, -0.15) is 0 Å². The predicted molar refractivity (Wildman–Crippen MR) is 38.6 cm³/mol. The number of allylic oxidation sites excluding steroid dienone is 1. The maximum atomic E-state index is 3.86. The minimum absolute atomic E-state index is 0.470. The van der Waals surface area contributed by atoms with Crippen LogP contribution in [0.2, 0.25) is 0 Å². The molecule has 0 fully saturated rings. The molecule has 0 amide bonds. The zero-order valence-corrected chi connectivity index (χ0v) is 6.26. The summed E-state index contributed by atoms with van der Waals surface area (Å²) in [7, 11) is 4.10. The lowest BCUT2D eigenvalue weighted by Gasteiger charge is -2.12. The molecule has 0 N–H and O–H groups in total. The van der Waals surface area contributed by atoms with Gasteiger partial charge in [0.2, 0.25) is 6.17 Å². The normalized spacial score (nSPS) is 27.0. The van der Waals surface area contributed by atoms with Crippen LogP contribution < -0.4 is 0 Å². The quantitative estimate of drug-likeness (QED) is 0.427. The minimum atomic E-state index is 0.470. The molecule has 9 heavy (non-hydrogen) atoms. The van der Waals surface area contributed by atoms with Gasteiger partial charge in [0, 0.05) is 14.0 Å². The lowest BCUT2D eigenvalue weighted by molar-refractivity contribution is -0.540. The summed E-state index contributed by atoms with van der Waals surface area (Å²) >= 11 is 0. The summed E-state index contributed by atoms with van der Waals surface area (Å²) in [5.41, 5.74) is 1.09. The summed E-state index contributed by atoms with van der Waals surface area (Å²) in [5.74, 6) is 0. The van der Waals surface area contributed by atoms with E-state index in [4.69, 9.17) is 0 Å². The Balaban J connectivity index is 2.82. The minimum Gasteiger partial charge on any atom is -0.313 e. The molecule has 1 aliphatic heterocycles. The molecule has 0 aliphatic carbocycles. The number of hydrogen-bond acceptors (Lipinski definition) is 1. The van der Waals surface area contributed by atoms with Crippen molar-refractivity contribution in [3.8, 4) is 0 Å². The summed E-state index contributed by atoms with van der Waals surface area (Å²) in [5, 5.41) is 0. The molecule has 0 aromatic heterocycles. The van der Waals surface area contributed by atoms with Crippen molar-refractivity contribution in [3.05, 3.63) is 12.3 Å². The van der Waals surface area contributed by atoms with Crippen molar-refractivity contribution >= 4 is 6.21 Å². The van der Waals surface area contributed by atoms with E-state index in [0.717, 1.165) is 5.70 Å². The first-order chi connectivity index (χ1) is 4.13. The lowest BCUT2D eigenvalue weighted by Crippen LogP contribution is -2.28. The maximum Gasteiger partial charge on any atom is 0.225 e. The molecule has 1 unspecified atom stereocenters. The molecular formula is C7H13N2+. The Bertz CT molecular complexity index is 170. The first kappa shape index (κ1) is 6.33. The molecule has 1 rings (SSSR count). The monoisotopic (exact) mass is 125 g/mol. The van der Waals surface area contributed by atoms with E-state index >= 15 is 0 Å². The van der Waals surface area contributed by atoms with Crippen LogP contribution in [0.1, 0.15) is 6.92 Å². The first-order valence-corrected chi connectivity index (χ1v) is 3.11. The van der Waals surface area contributed by atoms with Crippen LogP contribution in [-0.4, -0.2) is 36.0 Å². The second-order valence-corrected chi connectivity index (χ2v) is 2.53. The van der Waals surface area contributed by atoms with E-state index in [1.54, 1.807) is 0 Å². The van der Waals surface area contributed by atoms with E-state index in [9.17, 15) is 0 Å². The molecule has 0 spiro atoms. The summed E-state index contributed by atoms with van der Waals surface area (Å²) < 4.78 is 2.14. The van der Waals surface area contributed by atoms with Gasteiger partial charge in [0.1, 0.15) is 7.05 Å². The van der Waals surface area contributed by atoms with E-state index in [1.807, 2.05) is 13.3 Å². The molecule has 0 bridgehead atoms. The zero-order chi connectivity index (χ0) is 7.02. The summed E-state index contributed by atoms with van der Waals surface area (Å²) in [6, 6.07) is 0. The lowest BCUT2D eigenvalue weighted by atomic mass is 10.5. The number of hydrogen-bond donors (Lipinski definition) is 0. The van der Waals surface area contributed by atoms with E-state index in [-0.39, 0.29) is 0 Å². The van der Waals surface area contributed by atoms with Gasteiger partial charge in [-0.3, -0.25) is 0 Å².